The fraction of sp³-hybridized carbons (Fsp3) is 0.214. The van der Waals surface area contributed by atoms with E-state index in [4.69, 9.17) is 0 Å². The molecule has 1 aliphatic rings. The van der Waals surface area contributed by atoms with Crippen LogP contribution in [0.3, 0.4) is 0 Å². The van der Waals surface area contributed by atoms with E-state index < -0.39 is 5.97 Å². The number of carbonyl (C=O) groups excluding carboxylic acids is 1. The molecule has 1 atom stereocenters. The summed E-state index contributed by atoms with van der Waals surface area (Å²) in [6.07, 6.45) is 2.78. The van der Waals surface area contributed by atoms with Crippen LogP contribution in [-0.2, 0) is 35.4 Å². The van der Waals surface area contributed by atoms with E-state index in [1.807, 2.05) is 65.2 Å². The smallest absolute Gasteiger partial charge is 0.323 e. The number of nitrogens with one attached hydrogen (secondary N) is 1. The minimum Gasteiger partial charge on any atom is -0.480 e. The van der Waals surface area contributed by atoms with Crippen LogP contribution >= 0.6 is 0 Å². The molecule has 1 heterocycles. The van der Waals surface area contributed by atoms with Crippen molar-refractivity contribution in [1.82, 2.24) is 4.57 Å². The van der Waals surface area contributed by atoms with Gasteiger partial charge in [-0.2, -0.15) is 0 Å². The lowest BCUT2D eigenvalue weighted by atomic mass is 9.85. The second-order valence-corrected chi connectivity index (χ2v) is 8.67. The minimum atomic E-state index is -0.853. The molecule has 4 aromatic rings. The molecule has 1 unspecified atom stereocenters. The van der Waals surface area contributed by atoms with Gasteiger partial charge in [-0.1, -0.05) is 66.7 Å². The quantitative estimate of drug-likeness (QED) is 0.442. The molecule has 5 rings (SSSR count). The highest BCUT2D eigenvalue weighted by Gasteiger charge is 2.30. The van der Waals surface area contributed by atoms with Crippen molar-refractivity contribution in [1.29, 1.82) is 0 Å². The molecule has 0 fully saturated rings. The molecule has 0 radical (unpaired) electrons. The van der Waals surface area contributed by atoms with Gasteiger partial charge in [0, 0.05) is 28.2 Å². The SMILES string of the molecule is O=C(O)Cn1c2c(c3ccccc31)CC(C(=O)Nc1ccccc1Cc1ccccc1)CC2. The second kappa shape index (κ2) is 8.94. The fourth-order valence-electron chi connectivity index (χ4n) is 4.99. The summed E-state index contributed by atoms with van der Waals surface area (Å²) in [5, 5.41) is 13.6. The molecule has 2 N–H and O–H groups in total. The molecule has 5 heteroatoms. The summed E-state index contributed by atoms with van der Waals surface area (Å²) in [7, 11) is 0. The van der Waals surface area contributed by atoms with Gasteiger partial charge in [0.1, 0.15) is 6.54 Å². The van der Waals surface area contributed by atoms with Gasteiger partial charge in [0.2, 0.25) is 5.91 Å². The molecule has 0 aliphatic heterocycles. The molecule has 0 saturated heterocycles. The summed E-state index contributed by atoms with van der Waals surface area (Å²) in [5.41, 5.74) is 6.23. The Morgan fingerprint density at radius 2 is 1.67 bits per heavy atom. The Morgan fingerprint density at radius 1 is 0.939 bits per heavy atom. The van der Waals surface area contributed by atoms with Crippen molar-refractivity contribution in [3.63, 3.8) is 0 Å². The second-order valence-electron chi connectivity index (χ2n) is 8.67. The Kier molecular flexibility index (Phi) is 5.69. The topological polar surface area (TPSA) is 71.3 Å². The zero-order valence-electron chi connectivity index (χ0n) is 18.3. The third-order valence-electron chi connectivity index (χ3n) is 6.55. The number of hydrogen-bond donors (Lipinski definition) is 2. The summed E-state index contributed by atoms with van der Waals surface area (Å²) < 4.78 is 1.90. The van der Waals surface area contributed by atoms with E-state index >= 15 is 0 Å². The maximum atomic E-state index is 13.3. The number of para-hydroxylation sites is 2. The normalized spacial score (nSPS) is 15.2. The van der Waals surface area contributed by atoms with Crippen LogP contribution in [0.2, 0.25) is 0 Å². The number of aliphatic carboxylic acids is 1. The summed E-state index contributed by atoms with van der Waals surface area (Å²) in [6.45, 7) is -0.0560. The molecule has 1 aliphatic carbocycles. The van der Waals surface area contributed by atoms with E-state index in [9.17, 15) is 14.7 Å². The Balaban J connectivity index is 1.38. The van der Waals surface area contributed by atoms with Crippen LogP contribution in [0.4, 0.5) is 5.69 Å². The van der Waals surface area contributed by atoms with Crippen LogP contribution in [0.1, 0.15) is 28.8 Å². The van der Waals surface area contributed by atoms with Crippen molar-refractivity contribution in [2.45, 2.75) is 32.2 Å². The van der Waals surface area contributed by atoms with Gasteiger partial charge < -0.3 is 15.0 Å². The number of hydrogen-bond acceptors (Lipinski definition) is 2. The van der Waals surface area contributed by atoms with Crippen molar-refractivity contribution < 1.29 is 14.7 Å². The lowest BCUT2D eigenvalue weighted by Gasteiger charge is -2.24. The predicted octanol–water partition coefficient (Wildman–Crippen LogP) is 5.06. The number of amides is 1. The van der Waals surface area contributed by atoms with Gasteiger partial charge in [-0.15, -0.1) is 0 Å². The molecule has 0 bridgehead atoms. The first kappa shape index (κ1) is 21.0. The zero-order valence-corrected chi connectivity index (χ0v) is 18.3. The van der Waals surface area contributed by atoms with Gasteiger partial charge in [0.15, 0.2) is 0 Å². The van der Waals surface area contributed by atoms with E-state index in [0.29, 0.717) is 19.3 Å². The van der Waals surface area contributed by atoms with Crippen molar-refractivity contribution in [3.8, 4) is 0 Å². The number of carbonyl (C=O) groups is 2. The monoisotopic (exact) mass is 438 g/mol. The Morgan fingerprint density at radius 3 is 2.48 bits per heavy atom. The van der Waals surface area contributed by atoms with E-state index in [1.54, 1.807) is 0 Å². The maximum absolute atomic E-state index is 13.3. The van der Waals surface area contributed by atoms with Gasteiger partial charge in [-0.05, 0) is 54.5 Å². The number of fused-ring (bicyclic) bond motifs is 3. The molecule has 1 aromatic heterocycles. The summed E-state index contributed by atoms with van der Waals surface area (Å²) in [6, 6.07) is 26.1. The average Bonchev–Trinajstić information content (AvgIpc) is 3.13. The predicted molar refractivity (Wildman–Crippen MR) is 129 cm³/mol. The van der Waals surface area contributed by atoms with E-state index in [2.05, 4.69) is 23.5 Å². The van der Waals surface area contributed by atoms with Gasteiger partial charge in [0.05, 0.1) is 0 Å². The summed E-state index contributed by atoms with van der Waals surface area (Å²) >= 11 is 0. The number of anilines is 1. The van der Waals surface area contributed by atoms with Crippen LogP contribution < -0.4 is 5.32 Å². The lowest BCUT2D eigenvalue weighted by Crippen LogP contribution is -2.29. The molecular weight excluding hydrogens is 412 g/mol. The third kappa shape index (κ3) is 4.27. The van der Waals surface area contributed by atoms with E-state index in [0.717, 1.165) is 39.8 Å². The third-order valence-corrected chi connectivity index (χ3v) is 6.55. The summed E-state index contributed by atoms with van der Waals surface area (Å²) in [4.78, 5) is 24.7. The number of benzene rings is 3. The van der Waals surface area contributed by atoms with Gasteiger partial charge in [0.25, 0.3) is 0 Å². The van der Waals surface area contributed by atoms with Crippen LogP contribution in [0.15, 0.2) is 78.9 Å². The Bertz CT molecular complexity index is 1320. The standard InChI is InChI=1S/C28H26N2O3/c31-27(32)18-30-25-13-7-5-11-22(25)23-17-21(14-15-26(23)30)28(33)29-24-12-6-4-10-20(24)16-19-8-2-1-3-9-19/h1-13,21H,14-18H2,(H,29,33)(H,31,32). The Hall–Kier alpha value is -3.86. The summed E-state index contributed by atoms with van der Waals surface area (Å²) in [5.74, 6) is -0.976. The van der Waals surface area contributed by atoms with Gasteiger partial charge in [-0.25, -0.2) is 0 Å². The molecule has 1 amide bonds. The highest BCUT2D eigenvalue weighted by molar-refractivity contribution is 5.95. The minimum absolute atomic E-state index is 0.0243. The van der Waals surface area contributed by atoms with Crippen LogP contribution in [-0.4, -0.2) is 21.6 Å². The fourth-order valence-corrected chi connectivity index (χ4v) is 4.99. The van der Waals surface area contributed by atoms with Crippen LogP contribution in [0, 0.1) is 5.92 Å². The number of carboxylic acids is 1. The van der Waals surface area contributed by atoms with Crippen molar-refractivity contribution in [2.24, 2.45) is 5.92 Å². The highest BCUT2D eigenvalue weighted by Crippen LogP contribution is 2.35. The van der Waals surface area contributed by atoms with Crippen molar-refractivity contribution >= 4 is 28.5 Å². The van der Waals surface area contributed by atoms with Gasteiger partial charge >= 0.3 is 5.97 Å². The molecule has 33 heavy (non-hydrogen) atoms. The maximum Gasteiger partial charge on any atom is 0.323 e. The number of nitrogens with zero attached hydrogens (tertiary/aromatic N) is 1. The van der Waals surface area contributed by atoms with Gasteiger partial charge in [-0.3, -0.25) is 9.59 Å². The Labute approximate surface area is 192 Å². The zero-order chi connectivity index (χ0) is 22.8. The molecule has 5 nitrogen and oxygen atoms in total. The van der Waals surface area contributed by atoms with Crippen LogP contribution in [0.5, 0.6) is 0 Å². The lowest BCUT2D eigenvalue weighted by molar-refractivity contribution is -0.137. The first-order valence-corrected chi connectivity index (χ1v) is 11.3. The molecule has 0 saturated carbocycles. The number of aromatic nitrogens is 1. The molecular formula is C28H26N2O3. The molecule has 166 valence electrons. The van der Waals surface area contributed by atoms with Crippen molar-refractivity contribution in [2.75, 3.05) is 5.32 Å². The van der Waals surface area contributed by atoms with Crippen molar-refractivity contribution in [3.05, 3.63) is 101 Å². The molecule has 3 aromatic carbocycles. The average molecular weight is 439 g/mol. The number of carboxylic acid groups (broad SMARTS) is 1. The van der Waals surface area contributed by atoms with E-state index in [1.165, 1.54) is 5.56 Å². The van der Waals surface area contributed by atoms with E-state index in [-0.39, 0.29) is 18.4 Å². The number of rotatable bonds is 6. The van der Waals surface area contributed by atoms with Crippen LogP contribution in [0.25, 0.3) is 10.9 Å². The molecule has 0 spiro atoms. The highest BCUT2D eigenvalue weighted by atomic mass is 16.4. The largest absolute Gasteiger partial charge is 0.480 e. The first-order chi connectivity index (χ1) is 16.1. The first-order valence-electron chi connectivity index (χ1n) is 11.3.